The number of benzene rings is 2. The minimum atomic E-state index is -0.922. The Morgan fingerprint density at radius 2 is 1.53 bits per heavy atom. The Morgan fingerprint density at radius 1 is 0.947 bits per heavy atom. The van der Waals surface area contributed by atoms with Crippen LogP contribution in [0.5, 0.6) is 5.75 Å². The second kappa shape index (κ2) is 14.5. The van der Waals surface area contributed by atoms with Gasteiger partial charge in [-0.15, -0.1) is 0 Å². The highest BCUT2D eigenvalue weighted by Gasteiger charge is 2.31. The van der Waals surface area contributed by atoms with E-state index in [1.165, 1.54) is 16.7 Å². The molecule has 0 aliphatic heterocycles. The summed E-state index contributed by atoms with van der Waals surface area (Å²) >= 11 is 0. The molecule has 0 amide bonds. The van der Waals surface area contributed by atoms with Gasteiger partial charge in [0.05, 0.1) is 11.7 Å². The van der Waals surface area contributed by atoms with E-state index in [0.29, 0.717) is 5.75 Å². The van der Waals surface area contributed by atoms with Crippen LogP contribution in [-0.4, -0.2) is 39.6 Å². The predicted molar refractivity (Wildman–Crippen MR) is 156 cm³/mol. The lowest BCUT2D eigenvalue weighted by Gasteiger charge is -2.34. The monoisotopic (exact) mass is 524 g/mol. The number of aliphatic hydroxyl groups is 2. The van der Waals surface area contributed by atoms with E-state index in [4.69, 9.17) is 9.84 Å². The molecule has 0 spiro atoms. The van der Waals surface area contributed by atoms with Gasteiger partial charge in [0.15, 0.2) is 0 Å². The number of aliphatic hydroxyl groups excluding tert-OH is 1. The first-order chi connectivity index (χ1) is 18.0. The first-order valence-electron chi connectivity index (χ1n) is 14.2. The quantitative estimate of drug-likeness (QED) is 0.214. The van der Waals surface area contributed by atoms with Crippen LogP contribution in [0, 0.1) is 13.8 Å². The van der Waals surface area contributed by atoms with Crippen LogP contribution in [0.2, 0.25) is 0 Å². The molecular formula is C33H48O5. The lowest BCUT2D eigenvalue weighted by atomic mass is 9.70. The Kier molecular flexibility index (Phi) is 12.1. The van der Waals surface area contributed by atoms with Crippen molar-refractivity contribution in [3.05, 3.63) is 70.3 Å². The summed E-state index contributed by atoms with van der Waals surface area (Å²) < 4.78 is 5.82. The zero-order valence-corrected chi connectivity index (χ0v) is 24.2. The molecule has 2 aromatic rings. The van der Waals surface area contributed by atoms with Gasteiger partial charge < -0.3 is 20.1 Å². The molecule has 0 saturated heterocycles. The zero-order chi connectivity index (χ0) is 28.3. The van der Waals surface area contributed by atoms with Crippen molar-refractivity contribution in [3.63, 3.8) is 0 Å². The van der Waals surface area contributed by atoms with Crippen molar-refractivity contribution in [3.8, 4) is 5.75 Å². The highest BCUT2D eigenvalue weighted by Crippen LogP contribution is 2.41. The van der Waals surface area contributed by atoms with E-state index in [-0.39, 0.29) is 24.9 Å². The van der Waals surface area contributed by atoms with Crippen LogP contribution in [0.1, 0.15) is 107 Å². The van der Waals surface area contributed by atoms with Gasteiger partial charge in [-0.1, -0.05) is 83.0 Å². The largest absolute Gasteiger partial charge is 0.491 e. The molecule has 1 unspecified atom stereocenters. The fourth-order valence-electron chi connectivity index (χ4n) is 5.46. The van der Waals surface area contributed by atoms with E-state index in [1.54, 1.807) is 0 Å². The first kappa shape index (κ1) is 31.6. The number of carboxylic acid groups (broad SMARTS) is 1. The Morgan fingerprint density at radius 3 is 2.03 bits per heavy atom. The van der Waals surface area contributed by atoms with Crippen LogP contribution in [0.4, 0.5) is 0 Å². The van der Waals surface area contributed by atoms with Crippen LogP contribution in [0.3, 0.4) is 0 Å². The van der Waals surface area contributed by atoms with Crippen molar-refractivity contribution in [2.75, 3.05) is 6.61 Å². The molecular weight excluding hydrogens is 476 g/mol. The number of hydrogen-bond acceptors (Lipinski definition) is 4. The lowest BCUT2D eigenvalue weighted by Crippen LogP contribution is -2.26. The third-order valence-electron chi connectivity index (χ3n) is 7.82. The molecule has 0 aliphatic rings. The number of aliphatic carboxylic acids is 1. The fraction of sp³-hybridized carbons (Fsp3) is 0.545. The van der Waals surface area contributed by atoms with Gasteiger partial charge >= 0.3 is 5.97 Å². The van der Waals surface area contributed by atoms with E-state index in [9.17, 15) is 15.0 Å². The summed E-state index contributed by atoms with van der Waals surface area (Å²) in [6.07, 6.45) is 8.65. The fourth-order valence-corrected chi connectivity index (χ4v) is 5.46. The van der Waals surface area contributed by atoms with Crippen LogP contribution >= 0.6 is 0 Å². The van der Waals surface area contributed by atoms with Crippen LogP contribution in [-0.2, 0) is 10.2 Å². The predicted octanol–water partition coefficient (Wildman–Crippen LogP) is 7.36. The third-order valence-corrected chi connectivity index (χ3v) is 7.82. The van der Waals surface area contributed by atoms with Gasteiger partial charge in [0.2, 0.25) is 0 Å². The van der Waals surface area contributed by atoms with Gasteiger partial charge in [-0.3, -0.25) is 4.79 Å². The average Bonchev–Trinajstić information content (AvgIpc) is 2.88. The average molecular weight is 525 g/mol. The van der Waals surface area contributed by atoms with Gasteiger partial charge in [-0.2, -0.15) is 0 Å². The summed E-state index contributed by atoms with van der Waals surface area (Å²) in [7, 11) is 0. The molecule has 1 atom stereocenters. The van der Waals surface area contributed by atoms with Gasteiger partial charge in [0, 0.05) is 11.8 Å². The lowest BCUT2D eigenvalue weighted by molar-refractivity contribution is -0.137. The summed E-state index contributed by atoms with van der Waals surface area (Å²) in [6.45, 7) is 12.9. The molecule has 0 aliphatic carbocycles. The smallest absolute Gasteiger partial charge is 0.303 e. The molecule has 5 heteroatoms. The van der Waals surface area contributed by atoms with E-state index in [1.807, 2.05) is 19.1 Å². The van der Waals surface area contributed by atoms with Crippen molar-refractivity contribution < 1.29 is 24.9 Å². The zero-order valence-electron chi connectivity index (χ0n) is 24.2. The maximum atomic E-state index is 11.0. The van der Waals surface area contributed by atoms with E-state index in [0.717, 1.165) is 49.7 Å². The third kappa shape index (κ3) is 8.18. The number of ether oxygens (including phenoxy) is 1. The first-order valence-corrected chi connectivity index (χ1v) is 14.2. The van der Waals surface area contributed by atoms with Gasteiger partial charge in [-0.05, 0) is 79.8 Å². The Bertz CT molecular complexity index is 1060. The molecule has 0 radical (unpaired) electrons. The molecule has 3 N–H and O–H groups in total. The molecule has 0 aromatic heterocycles. The Hall–Kier alpha value is -2.63. The van der Waals surface area contributed by atoms with Crippen molar-refractivity contribution in [2.45, 2.75) is 110 Å². The molecule has 0 heterocycles. The number of carboxylic acids is 1. The Labute approximate surface area is 229 Å². The van der Waals surface area contributed by atoms with Crippen molar-refractivity contribution in [1.82, 2.24) is 0 Å². The maximum absolute atomic E-state index is 11.0. The Balaban J connectivity index is 2.30. The molecule has 38 heavy (non-hydrogen) atoms. The number of aryl methyl sites for hydroxylation is 2. The van der Waals surface area contributed by atoms with E-state index >= 15 is 0 Å². The van der Waals surface area contributed by atoms with Crippen molar-refractivity contribution in [1.29, 1.82) is 0 Å². The van der Waals surface area contributed by atoms with Gasteiger partial charge in [-0.25, -0.2) is 0 Å². The molecule has 5 nitrogen and oxygen atoms in total. The standard InChI is InChI=1S/C33H48O5/c1-7-18-32(37,19-8-2)20-17-26-11-12-27(21-24(26)5)33(9-3,10-4)28-13-15-30(25(6)22-28)38-23-29(34)14-16-31(35)36/h11-13,15,17,20-22,29,34,37H,7-10,14,16,18-19,23H2,1-6H3,(H,35,36). The molecule has 2 rings (SSSR count). The molecule has 0 saturated carbocycles. The van der Waals surface area contributed by atoms with E-state index < -0.39 is 17.7 Å². The summed E-state index contributed by atoms with van der Waals surface area (Å²) in [5.41, 5.74) is 4.89. The normalized spacial score (nSPS) is 13.2. The van der Waals surface area contributed by atoms with Crippen molar-refractivity contribution in [2.24, 2.45) is 0 Å². The minimum Gasteiger partial charge on any atom is -0.491 e. The van der Waals surface area contributed by atoms with Crippen LogP contribution < -0.4 is 4.74 Å². The van der Waals surface area contributed by atoms with Crippen LogP contribution in [0.15, 0.2) is 42.5 Å². The molecule has 0 fully saturated rings. The molecule has 0 bridgehead atoms. The molecule has 210 valence electrons. The van der Waals surface area contributed by atoms with Crippen molar-refractivity contribution >= 4 is 12.0 Å². The number of hydrogen-bond donors (Lipinski definition) is 3. The summed E-state index contributed by atoms with van der Waals surface area (Å²) in [5.74, 6) is -0.221. The topological polar surface area (TPSA) is 87.0 Å². The second-order valence-electron chi connectivity index (χ2n) is 10.7. The minimum absolute atomic E-state index is 0.0694. The summed E-state index contributed by atoms with van der Waals surface area (Å²) in [5, 5.41) is 29.8. The van der Waals surface area contributed by atoms with E-state index in [2.05, 4.69) is 71.0 Å². The highest BCUT2D eigenvalue weighted by atomic mass is 16.5. The number of carbonyl (C=O) groups is 1. The van der Waals surface area contributed by atoms with Gasteiger partial charge in [0.25, 0.3) is 0 Å². The second-order valence-corrected chi connectivity index (χ2v) is 10.7. The SMILES string of the molecule is CCCC(O)(C=Cc1ccc(C(CC)(CC)c2ccc(OCC(O)CCC(=O)O)c(C)c2)cc1C)CCC. The molecule has 2 aromatic carbocycles. The van der Waals surface area contributed by atoms with Crippen LogP contribution in [0.25, 0.3) is 6.08 Å². The number of rotatable bonds is 16. The van der Waals surface area contributed by atoms with Gasteiger partial charge in [0.1, 0.15) is 12.4 Å². The summed E-state index contributed by atoms with van der Waals surface area (Å²) in [6, 6.07) is 12.9. The summed E-state index contributed by atoms with van der Waals surface area (Å²) in [4.78, 5) is 10.7. The highest BCUT2D eigenvalue weighted by molar-refractivity contribution is 5.66. The maximum Gasteiger partial charge on any atom is 0.303 e.